The number of alkyl carbamates (subject to hydrolysis) is 1. The zero-order chi connectivity index (χ0) is 11.3. The highest BCUT2D eigenvalue weighted by Gasteiger charge is 2.08. The first-order valence-electron chi connectivity index (χ1n) is 4.49. The average Bonchev–Trinajstić information content (AvgIpc) is 2.26. The minimum absolute atomic E-state index is 0.108. The molecule has 5 nitrogen and oxygen atoms in total. The maximum absolute atomic E-state index is 10.7. The van der Waals surface area contributed by atoms with E-state index in [1.54, 1.807) is 24.3 Å². The van der Waals surface area contributed by atoms with Gasteiger partial charge in [0, 0.05) is 5.69 Å². The fourth-order valence-electron chi connectivity index (χ4n) is 1.09. The van der Waals surface area contributed by atoms with Gasteiger partial charge in [0.15, 0.2) is 0 Å². The Bertz CT molecular complexity index is 324. The molecule has 1 atom stereocenters. The number of aliphatic hydroxyl groups excluding tert-OH is 1. The summed E-state index contributed by atoms with van der Waals surface area (Å²) < 4.78 is 4.37. The Labute approximate surface area is 87.9 Å². The van der Waals surface area contributed by atoms with Crippen LogP contribution in [-0.2, 0) is 4.74 Å². The van der Waals surface area contributed by atoms with E-state index in [4.69, 9.17) is 5.73 Å². The van der Waals surface area contributed by atoms with Crippen LogP contribution in [0, 0.1) is 0 Å². The lowest BCUT2D eigenvalue weighted by Gasteiger charge is -2.11. The number of carbonyl (C=O) groups excluding carboxylic acids is 1. The molecule has 15 heavy (non-hydrogen) atoms. The van der Waals surface area contributed by atoms with Crippen LogP contribution in [0.5, 0.6) is 0 Å². The van der Waals surface area contributed by atoms with Crippen molar-refractivity contribution >= 4 is 11.8 Å². The molecule has 4 N–H and O–H groups in total. The van der Waals surface area contributed by atoms with Crippen molar-refractivity contribution in [2.45, 2.75) is 6.10 Å². The van der Waals surface area contributed by atoms with Crippen LogP contribution in [0.3, 0.4) is 0 Å². The van der Waals surface area contributed by atoms with Gasteiger partial charge in [-0.15, -0.1) is 0 Å². The van der Waals surface area contributed by atoms with Crippen LogP contribution < -0.4 is 11.1 Å². The molecule has 0 aliphatic carbocycles. The van der Waals surface area contributed by atoms with Crippen molar-refractivity contribution < 1.29 is 14.6 Å². The van der Waals surface area contributed by atoms with Crippen molar-refractivity contribution in [3.05, 3.63) is 29.8 Å². The number of aliphatic hydroxyl groups is 1. The van der Waals surface area contributed by atoms with Gasteiger partial charge < -0.3 is 20.9 Å². The molecule has 82 valence electrons. The van der Waals surface area contributed by atoms with Crippen LogP contribution in [0.4, 0.5) is 10.5 Å². The summed E-state index contributed by atoms with van der Waals surface area (Å²) >= 11 is 0. The molecule has 1 amide bonds. The molecule has 0 heterocycles. The lowest BCUT2D eigenvalue weighted by atomic mass is 10.1. The number of nitrogens with two attached hydrogens (primary N) is 1. The molecule has 0 fully saturated rings. The second kappa shape index (κ2) is 5.21. The molecule has 5 heteroatoms. The minimum Gasteiger partial charge on any atom is -0.453 e. The smallest absolute Gasteiger partial charge is 0.406 e. The summed E-state index contributed by atoms with van der Waals surface area (Å²) in [5.74, 6) is 0. The number of carbonyl (C=O) groups is 1. The number of nitrogen functional groups attached to an aromatic ring is 1. The lowest BCUT2D eigenvalue weighted by Crippen LogP contribution is -2.28. The van der Waals surface area contributed by atoms with Crippen LogP contribution in [-0.4, -0.2) is 24.9 Å². The van der Waals surface area contributed by atoms with E-state index in [2.05, 4.69) is 10.1 Å². The van der Waals surface area contributed by atoms with E-state index in [0.29, 0.717) is 11.3 Å². The fraction of sp³-hybridized carbons (Fsp3) is 0.300. The molecule has 0 radical (unpaired) electrons. The van der Waals surface area contributed by atoms with E-state index < -0.39 is 12.2 Å². The average molecular weight is 210 g/mol. The topological polar surface area (TPSA) is 84.6 Å². The van der Waals surface area contributed by atoms with Crippen molar-refractivity contribution in [3.8, 4) is 0 Å². The third-order valence-corrected chi connectivity index (χ3v) is 1.95. The normalized spacial score (nSPS) is 11.9. The molecule has 0 saturated heterocycles. The summed E-state index contributed by atoms with van der Waals surface area (Å²) in [5, 5.41) is 12.0. The zero-order valence-electron chi connectivity index (χ0n) is 8.43. The van der Waals surface area contributed by atoms with Crippen LogP contribution in [0.1, 0.15) is 11.7 Å². The molecule has 1 rings (SSSR count). The zero-order valence-corrected chi connectivity index (χ0v) is 8.43. The van der Waals surface area contributed by atoms with Crippen LogP contribution in [0.2, 0.25) is 0 Å². The molecule has 1 aromatic rings. The molecule has 1 unspecified atom stereocenters. The third-order valence-electron chi connectivity index (χ3n) is 1.95. The number of anilines is 1. The SMILES string of the molecule is COC(=O)NCC(O)c1ccc(N)cc1. The van der Waals surface area contributed by atoms with Gasteiger partial charge in [0.05, 0.1) is 19.8 Å². The summed E-state index contributed by atoms with van der Waals surface area (Å²) in [6.07, 6.45) is -1.32. The van der Waals surface area contributed by atoms with Gasteiger partial charge in [-0.25, -0.2) is 4.79 Å². The highest BCUT2D eigenvalue weighted by atomic mass is 16.5. The van der Waals surface area contributed by atoms with Crippen LogP contribution in [0.15, 0.2) is 24.3 Å². The maximum Gasteiger partial charge on any atom is 0.406 e. The van der Waals surface area contributed by atoms with Gasteiger partial charge in [-0.1, -0.05) is 12.1 Å². The second-order valence-electron chi connectivity index (χ2n) is 3.05. The first-order chi connectivity index (χ1) is 7.13. The van der Waals surface area contributed by atoms with E-state index in [1.807, 2.05) is 0 Å². The summed E-state index contributed by atoms with van der Waals surface area (Å²) in [5.41, 5.74) is 6.83. The van der Waals surface area contributed by atoms with Crippen molar-refractivity contribution in [1.82, 2.24) is 5.32 Å². The maximum atomic E-state index is 10.7. The highest BCUT2D eigenvalue weighted by molar-refractivity contribution is 5.66. The molecule has 0 bridgehead atoms. The molecular weight excluding hydrogens is 196 g/mol. The monoisotopic (exact) mass is 210 g/mol. The quantitative estimate of drug-likeness (QED) is 0.640. The molecular formula is C10H14N2O3. The number of nitrogens with one attached hydrogen (secondary N) is 1. The fourth-order valence-corrected chi connectivity index (χ4v) is 1.09. The largest absolute Gasteiger partial charge is 0.453 e. The minimum atomic E-state index is -0.760. The van der Waals surface area contributed by atoms with Crippen molar-refractivity contribution in [1.29, 1.82) is 0 Å². The second-order valence-corrected chi connectivity index (χ2v) is 3.05. The summed E-state index contributed by atoms with van der Waals surface area (Å²) in [4.78, 5) is 10.7. The van der Waals surface area contributed by atoms with Crippen molar-refractivity contribution in [2.24, 2.45) is 0 Å². The molecule has 0 saturated carbocycles. The summed E-state index contributed by atoms with van der Waals surface area (Å²) in [6.45, 7) is 0.108. The molecule has 0 aliphatic rings. The van der Waals surface area contributed by atoms with Crippen LogP contribution in [0.25, 0.3) is 0 Å². The van der Waals surface area contributed by atoms with E-state index in [1.165, 1.54) is 7.11 Å². The Balaban J connectivity index is 2.50. The van der Waals surface area contributed by atoms with E-state index in [0.717, 1.165) is 0 Å². The van der Waals surface area contributed by atoms with Gasteiger partial charge in [-0.2, -0.15) is 0 Å². The summed E-state index contributed by atoms with van der Waals surface area (Å²) in [6, 6.07) is 6.80. The molecule has 1 aromatic carbocycles. The van der Waals surface area contributed by atoms with Gasteiger partial charge in [0.1, 0.15) is 0 Å². The van der Waals surface area contributed by atoms with Crippen molar-refractivity contribution in [3.63, 3.8) is 0 Å². The Kier molecular flexibility index (Phi) is 3.93. The number of benzene rings is 1. The number of hydrogen-bond acceptors (Lipinski definition) is 4. The van der Waals surface area contributed by atoms with Gasteiger partial charge in [-0.3, -0.25) is 0 Å². The Hall–Kier alpha value is -1.75. The third kappa shape index (κ3) is 3.47. The Morgan fingerprint density at radius 2 is 2.13 bits per heavy atom. The van der Waals surface area contributed by atoms with E-state index in [-0.39, 0.29) is 6.54 Å². The summed E-state index contributed by atoms with van der Waals surface area (Å²) in [7, 11) is 1.27. The predicted octanol–water partition coefficient (Wildman–Crippen LogP) is 0.658. The predicted molar refractivity (Wildman–Crippen MR) is 56.2 cm³/mol. The standard InChI is InChI=1S/C10H14N2O3/c1-15-10(14)12-6-9(13)7-2-4-8(11)5-3-7/h2-5,9,13H,6,11H2,1H3,(H,12,14). The lowest BCUT2D eigenvalue weighted by molar-refractivity contribution is 0.147. The van der Waals surface area contributed by atoms with Gasteiger partial charge in [-0.05, 0) is 17.7 Å². The Morgan fingerprint density at radius 3 is 2.67 bits per heavy atom. The van der Waals surface area contributed by atoms with Gasteiger partial charge >= 0.3 is 6.09 Å². The first kappa shape index (κ1) is 11.3. The Morgan fingerprint density at radius 1 is 1.53 bits per heavy atom. The van der Waals surface area contributed by atoms with Gasteiger partial charge in [0.2, 0.25) is 0 Å². The number of rotatable bonds is 3. The molecule has 0 aliphatic heterocycles. The molecule has 0 spiro atoms. The van der Waals surface area contributed by atoms with E-state index in [9.17, 15) is 9.90 Å². The highest BCUT2D eigenvalue weighted by Crippen LogP contribution is 2.13. The van der Waals surface area contributed by atoms with Crippen LogP contribution >= 0.6 is 0 Å². The number of methoxy groups -OCH3 is 1. The molecule has 0 aromatic heterocycles. The van der Waals surface area contributed by atoms with Crippen molar-refractivity contribution in [2.75, 3.05) is 19.4 Å². The first-order valence-corrected chi connectivity index (χ1v) is 4.49. The number of hydrogen-bond donors (Lipinski definition) is 3. The van der Waals surface area contributed by atoms with E-state index >= 15 is 0 Å². The number of amides is 1. The van der Waals surface area contributed by atoms with Gasteiger partial charge in [0.25, 0.3) is 0 Å². The number of ether oxygens (including phenoxy) is 1.